The summed E-state index contributed by atoms with van der Waals surface area (Å²) in [5.74, 6) is 0. The highest BCUT2D eigenvalue weighted by atomic mass is 15.3. The molecular weight excluding hydrogens is 210 g/mol. The van der Waals surface area contributed by atoms with Crippen molar-refractivity contribution in [3.05, 3.63) is 30.5 Å². The van der Waals surface area contributed by atoms with Crippen molar-refractivity contribution in [1.82, 2.24) is 15.1 Å². The molecule has 1 aromatic heterocycles. The molecule has 0 aliphatic heterocycles. The van der Waals surface area contributed by atoms with Gasteiger partial charge in [0.1, 0.15) is 0 Å². The maximum absolute atomic E-state index is 4.54. The van der Waals surface area contributed by atoms with Gasteiger partial charge in [-0.2, -0.15) is 5.10 Å². The first kappa shape index (κ1) is 10.8. The molecule has 17 heavy (non-hydrogen) atoms. The van der Waals surface area contributed by atoms with E-state index in [9.17, 15) is 0 Å². The molecule has 1 heterocycles. The Balaban J connectivity index is 1.83. The van der Waals surface area contributed by atoms with Gasteiger partial charge in [0.15, 0.2) is 0 Å². The Bertz CT molecular complexity index is 499. The fraction of sp³-hybridized carbons (Fsp3) is 0.500. The molecule has 1 aromatic carbocycles. The average molecular weight is 229 g/mol. The summed E-state index contributed by atoms with van der Waals surface area (Å²) in [7, 11) is 0. The lowest BCUT2D eigenvalue weighted by molar-refractivity contribution is 0.421. The lowest BCUT2D eigenvalue weighted by Crippen LogP contribution is -2.27. The van der Waals surface area contributed by atoms with Crippen molar-refractivity contribution >= 4 is 10.9 Å². The maximum Gasteiger partial charge on any atom is 0.0686 e. The van der Waals surface area contributed by atoms with Gasteiger partial charge in [-0.05, 0) is 25.3 Å². The van der Waals surface area contributed by atoms with Crippen LogP contribution in [-0.4, -0.2) is 22.4 Å². The van der Waals surface area contributed by atoms with Gasteiger partial charge in [0.2, 0.25) is 0 Å². The zero-order valence-electron chi connectivity index (χ0n) is 10.3. The highest BCUT2D eigenvalue weighted by Crippen LogP contribution is 2.22. The standard InChI is InChI=1S/C14H19N3/c1-2-13(10-15-12-7-8-12)17-14-6-4-3-5-11(14)9-16-17/h3-6,9,12-13,15H,2,7-8,10H2,1H3. The number of fused-ring (bicyclic) bond motifs is 1. The first-order valence-electron chi connectivity index (χ1n) is 6.54. The summed E-state index contributed by atoms with van der Waals surface area (Å²) >= 11 is 0. The SMILES string of the molecule is CCC(CNC1CC1)n1ncc2ccccc21. The number of benzene rings is 1. The lowest BCUT2D eigenvalue weighted by atomic mass is 10.2. The largest absolute Gasteiger partial charge is 0.312 e. The van der Waals surface area contributed by atoms with Crippen LogP contribution in [0, 0.1) is 0 Å². The molecule has 0 amide bonds. The van der Waals surface area contributed by atoms with Gasteiger partial charge >= 0.3 is 0 Å². The van der Waals surface area contributed by atoms with E-state index in [2.05, 4.69) is 46.3 Å². The Morgan fingerprint density at radius 3 is 3.00 bits per heavy atom. The molecule has 1 saturated carbocycles. The minimum atomic E-state index is 0.468. The number of rotatable bonds is 5. The molecule has 90 valence electrons. The molecule has 3 rings (SSSR count). The molecule has 1 aliphatic rings. The predicted octanol–water partition coefficient (Wildman–Crippen LogP) is 2.74. The fourth-order valence-electron chi connectivity index (χ4n) is 2.28. The monoisotopic (exact) mass is 229 g/mol. The van der Waals surface area contributed by atoms with Crippen LogP contribution in [0.3, 0.4) is 0 Å². The second-order valence-corrected chi connectivity index (χ2v) is 4.89. The van der Waals surface area contributed by atoms with E-state index in [1.807, 2.05) is 6.20 Å². The smallest absolute Gasteiger partial charge is 0.0686 e. The quantitative estimate of drug-likeness (QED) is 0.854. The summed E-state index contributed by atoms with van der Waals surface area (Å²) in [5.41, 5.74) is 1.25. The molecular formula is C14H19N3. The van der Waals surface area contributed by atoms with Crippen LogP contribution in [-0.2, 0) is 0 Å². The van der Waals surface area contributed by atoms with E-state index in [0.717, 1.165) is 19.0 Å². The molecule has 0 radical (unpaired) electrons. The first-order chi connectivity index (χ1) is 8.38. The second-order valence-electron chi connectivity index (χ2n) is 4.89. The van der Waals surface area contributed by atoms with Gasteiger partial charge in [0.05, 0.1) is 17.8 Å². The molecule has 0 saturated heterocycles. The Hall–Kier alpha value is -1.35. The van der Waals surface area contributed by atoms with Crippen molar-refractivity contribution in [2.24, 2.45) is 0 Å². The topological polar surface area (TPSA) is 29.9 Å². The molecule has 1 aliphatic carbocycles. The van der Waals surface area contributed by atoms with Crippen LogP contribution in [0.1, 0.15) is 32.2 Å². The van der Waals surface area contributed by atoms with E-state index < -0.39 is 0 Å². The summed E-state index contributed by atoms with van der Waals surface area (Å²) in [6.07, 6.45) is 5.77. The Labute approximate surface area is 102 Å². The summed E-state index contributed by atoms with van der Waals surface area (Å²) in [4.78, 5) is 0. The molecule has 3 nitrogen and oxygen atoms in total. The Morgan fingerprint density at radius 2 is 2.24 bits per heavy atom. The van der Waals surface area contributed by atoms with Crippen LogP contribution in [0.2, 0.25) is 0 Å². The molecule has 2 aromatic rings. The van der Waals surface area contributed by atoms with Crippen LogP contribution in [0.15, 0.2) is 30.5 Å². The third-order valence-electron chi connectivity index (χ3n) is 3.54. The summed E-state index contributed by atoms with van der Waals surface area (Å²) in [5, 5.41) is 9.37. The van der Waals surface area contributed by atoms with Crippen LogP contribution in [0.5, 0.6) is 0 Å². The number of nitrogens with one attached hydrogen (secondary N) is 1. The Morgan fingerprint density at radius 1 is 1.41 bits per heavy atom. The summed E-state index contributed by atoms with van der Waals surface area (Å²) in [6, 6.07) is 9.67. The zero-order chi connectivity index (χ0) is 11.7. The van der Waals surface area contributed by atoms with E-state index >= 15 is 0 Å². The van der Waals surface area contributed by atoms with Crippen LogP contribution in [0.25, 0.3) is 10.9 Å². The minimum absolute atomic E-state index is 0.468. The average Bonchev–Trinajstić information content (AvgIpc) is 3.10. The van der Waals surface area contributed by atoms with Crippen molar-refractivity contribution in [2.45, 2.75) is 38.3 Å². The van der Waals surface area contributed by atoms with Crippen molar-refractivity contribution in [3.8, 4) is 0 Å². The van der Waals surface area contributed by atoms with Gasteiger partial charge in [0, 0.05) is 18.0 Å². The van der Waals surface area contributed by atoms with E-state index in [1.165, 1.54) is 23.7 Å². The molecule has 1 atom stereocenters. The van der Waals surface area contributed by atoms with Gasteiger partial charge < -0.3 is 5.32 Å². The van der Waals surface area contributed by atoms with Crippen LogP contribution in [0.4, 0.5) is 0 Å². The van der Waals surface area contributed by atoms with E-state index in [0.29, 0.717) is 6.04 Å². The van der Waals surface area contributed by atoms with Crippen molar-refractivity contribution in [2.75, 3.05) is 6.54 Å². The van der Waals surface area contributed by atoms with Gasteiger partial charge in [-0.3, -0.25) is 4.68 Å². The zero-order valence-corrected chi connectivity index (χ0v) is 10.3. The van der Waals surface area contributed by atoms with E-state index in [-0.39, 0.29) is 0 Å². The Kier molecular flexibility index (Phi) is 2.85. The van der Waals surface area contributed by atoms with E-state index in [4.69, 9.17) is 0 Å². The first-order valence-corrected chi connectivity index (χ1v) is 6.54. The number of hydrogen-bond donors (Lipinski definition) is 1. The number of nitrogens with zero attached hydrogens (tertiary/aromatic N) is 2. The number of aromatic nitrogens is 2. The third-order valence-corrected chi connectivity index (χ3v) is 3.54. The van der Waals surface area contributed by atoms with Gasteiger partial charge in [-0.15, -0.1) is 0 Å². The van der Waals surface area contributed by atoms with Crippen LogP contribution >= 0.6 is 0 Å². The van der Waals surface area contributed by atoms with Crippen LogP contribution < -0.4 is 5.32 Å². The fourth-order valence-corrected chi connectivity index (χ4v) is 2.28. The molecule has 3 heteroatoms. The molecule has 1 unspecified atom stereocenters. The number of hydrogen-bond acceptors (Lipinski definition) is 2. The minimum Gasteiger partial charge on any atom is -0.312 e. The molecule has 1 N–H and O–H groups in total. The third kappa shape index (κ3) is 2.20. The van der Waals surface area contributed by atoms with E-state index in [1.54, 1.807) is 0 Å². The van der Waals surface area contributed by atoms with Crippen molar-refractivity contribution in [3.63, 3.8) is 0 Å². The number of para-hydroxylation sites is 1. The predicted molar refractivity (Wildman–Crippen MR) is 70.1 cm³/mol. The summed E-state index contributed by atoms with van der Waals surface area (Å²) < 4.78 is 2.17. The maximum atomic E-state index is 4.54. The summed E-state index contributed by atoms with van der Waals surface area (Å²) in [6.45, 7) is 3.27. The van der Waals surface area contributed by atoms with Gasteiger partial charge in [-0.1, -0.05) is 25.1 Å². The van der Waals surface area contributed by atoms with Gasteiger partial charge in [0.25, 0.3) is 0 Å². The van der Waals surface area contributed by atoms with Gasteiger partial charge in [-0.25, -0.2) is 0 Å². The molecule has 0 spiro atoms. The highest BCUT2D eigenvalue weighted by Gasteiger charge is 2.22. The second kappa shape index (κ2) is 4.49. The lowest BCUT2D eigenvalue weighted by Gasteiger charge is -2.17. The van der Waals surface area contributed by atoms with Crippen molar-refractivity contribution < 1.29 is 0 Å². The van der Waals surface area contributed by atoms with Crippen molar-refractivity contribution in [1.29, 1.82) is 0 Å². The normalized spacial score (nSPS) is 17.5. The molecule has 0 bridgehead atoms. The highest BCUT2D eigenvalue weighted by molar-refractivity contribution is 5.78. The molecule has 1 fully saturated rings.